The minimum Gasteiger partial charge on any atom is -0.445 e. The normalized spacial score (nSPS) is 11.7. The molecule has 0 aliphatic carbocycles. The van der Waals surface area contributed by atoms with Gasteiger partial charge in [0.15, 0.2) is 0 Å². The Morgan fingerprint density at radius 1 is 1.19 bits per heavy atom. The Kier molecular flexibility index (Phi) is 8.95. The largest absolute Gasteiger partial charge is 0.445 e. The summed E-state index contributed by atoms with van der Waals surface area (Å²) < 4.78 is 10.2. The van der Waals surface area contributed by atoms with Crippen molar-refractivity contribution >= 4 is 18.1 Å². The Hall–Kier alpha value is -2.79. The Balaban J connectivity index is 2.31. The van der Waals surface area contributed by atoms with Gasteiger partial charge in [-0.1, -0.05) is 30.3 Å². The molecule has 0 fully saturated rings. The van der Waals surface area contributed by atoms with Gasteiger partial charge in [0, 0.05) is 12.6 Å². The highest BCUT2D eigenvalue weighted by molar-refractivity contribution is 5.68. The highest BCUT2D eigenvalue weighted by Gasteiger charge is 2.16. The monoisotopic (exact) mass is 362 g/mol. The first kappa shape index (κ1) is 21.3. The predicted molar refractivity (Wildman–Crippen MR) is 97.3 cm³/mol. The van der Waals surface area contributed by atoms with Crippen molar-refractivity contribution in [3.05, 3.63) is 42.0 Å². The second kappa shape index (κ2) is 10.9. The molecule has 2 amide bonds. The number of hydrogen-bond acceptors (Lipinski definition) is 5. The highest BCUT2D eigenvalue weighted by Crippen LogP contribution is 2.07. The minimum absolute atomic E-state index is 0.143. The molecule has 0 heterocycles. The van der Waals surface area contributed by atoms with Crippen LogP contribution in [0.15, 0.2) is 36.4 Å². The fourth-order valence-electron chi connectivity index (χ4n) is 2.02. The van der Waals surface area contributed by atoms with Crippen LogP contribution in [0.4, 0.5) is 9.59 Å². The van der Waals surface area contributed by atoms with E-state index in [0.717, 1.165) is 5.56 Å². The van der Waals surface area contributed by atoms with E-state index in [0.29, 0.717) is 19.4 Å². The third-order valence-electron chi connectivity index (χ3n) is 3.15. The molecule has 0 aliphatic heterocycles. The topological polar surface area (TPSA) is 93.7 Å². The average Bonchev–Trinajstić information content (AvgIpc) is 2.56. The van der Waals surface area contributed by atoms with Crippen LogP contribution in [-0.2, 0) is 20.9 Å². The van der Waals surface area contributed by atoms with Gasteiger partial charge in [-0.15, -0.1) is 0 Å². The predicted octanol–water partition coefficient (Wildman–Crippen LogP) is 2.97. The van der Waals surface area contributed by atoms with Crippen LogP contribution >= 0.6 is 0 Å². The number of ether oxygens (including phenoxy) is 2. The summed E-state index contributed by atoms with van der Waals surface area (Å²) in [4.78, 5) is 34.0. The molecule has 0 saturated carbocycles. The molecule has 1 aromatic carbocycles. The number of nitrogens with one attached hydrogen (secondary N) is 2. The molecule has 0 spiro atoms. The summed E-state index contributed by atoms with van der Waals surface area (Å²) >= 11 is 0. The third-order valence-corrected chi connectivity index (χ3v) is 3.15. The maximum Gasteiger partial charge on any atom is 0.407 e. The summed E-state index contributed by atoms with van der Waals surface area (Å²) in [6.45, 7) is 5.84. The summed E-state index contributed by atoms with van der Waals surface area (Å²) in [6.07, 6.45) is 1.09. The maximum atomic E-state index is 11.8. The molecule has 0 saturated heterocycles. The van der Waals surface area contributed by atoms with Gasteiger partial charge >= 0.3 is 12.2 Å². The van der Waals surface area contributed by atoms with Gasteiger partial charge in [0.2, 0.25) is 0 Å². The van der Waals surface area contributed by atoms with Gasteiger partial charge in [-0.2, -0.15) is 0 Å². The molecule has 1 aromatic rings. The van der Waals surface area contributed by atoms with Crippen molar-refractivity contribution in [2.45, 2.75) is 51.9 Å². The number of benzene rings is 1. The molecule has 2 N–H and O–H groups in total. The number of carbonyl (C=O) groups is 2. The second-order valence-electron chi connectivity index (χ2n) is 6.67. The molecular weight excluding hydrogens is 336 g/mol. The molecule has 0 aromatic heterocycles. The number of alkyl carbamates (subject to hydrolysis) is 2. The SMILES string of the molecule is CC(C)(C)OC(=O)NCCC[C@@H](C=C=O)NC(=O)OCc1ccccc1. The Labute approximate surface area is 153 Å². The van der Waals surface area contributed by atoms with Crippen molar-refractivity contribution in [2.75, 3.05) is 6.54 Å². The fourth-order valence-corrected chi connectivity index (χ4v) is 2.02. The van der Waals surface area contributed by atoms with Crippen molar-refractivity contribution in [1.82, 2.24) is 10.6 Å². The summed E-state index contributed by atoms with van der Waals surface area (Å²) in [5.74, 6) is 1.67. The molecule has 7 nitrogen and oxygen atoms in total. The van der Waals surface area contributed by atoms with Gasteiger partial charge in [0.1, 0.15) is 18.1 Å². The van der Waals surface area contributed by atoms with Gasteiger partial charge < -0.3 is 20.1 Å². The van der Waals surface area contributed by atoms with Gasteiger partial charge in [0.25, 0.3) is 0 Å². The highest BCUT2D eigenvalue weighted by atomic mass is 16.6. The van der Waals surface area contributed by atoms with E-state index in [-0.39, 0.29) is 6.61 Å². The first-order valence-corrected chi connectivity index (χ1v) is 8.45. The molecule has 1 rings (SSSR count). The smallest absolute Gasteiger partial charge is 0.407 e. The molecule has 0 bridgehead atoms. The standard InChI is InChI=1S/C19H26N2O5/c1-19(2,3)26-17(23)20-12-7-10-16(11-13-22)21-18(24)25-14-15-8-5-4-6-9-15/h4-6,8-9,11,16H,7,10,12,14H2,1-3H3,(H,20,23)(H,21,24)/t16-/m0/s1. The fraction of sp³-hybridized carbons (Fsp3) is 0.474. The molecule has 142 valence electrons. The van der Waals surface area contributed by atoms with E-state index in [1.165, 1.54) is 6.08 Å². The van der Waals surface area contributed by atoms with Crippen LogP contribution < -0.4 is 10.6 Å². The van der Waals surface area contributed by atoms with E-state index < -0.39 is 23.8 Å². The van der Waals surface area contributed by atoms with E-state index in [4.69, 9.17) is 9.47 Å². The van der Waals surface area contributed by atoms with Crippen LogP contribution in [0.3, 0.4) is 0 Å². The van der Waals surface area contributed by atoms with Gasteiger partial charge in [-0.05, 0) is 39.2 Å². The van der Waals surface area contributed by atoms with Crippen molar-refractivity contribution < 1.29 is 23.9 Å². The van der Waals surface area contributed by atoms with Crippen LogP contribution in [-0.4, -0.2) is 36.3 Å². The first-order chi connectivity index (χ1) is 12.3. The molecule has 0 radical (unpaired) electrons. The van der Waals surface area contributed by atoms with Crippen molar-refractivity contribution in [2.24, 2.45) is 0 Å². The lowest BCUT2D eigenvalue weighted by molar-refractivity contribution is 0.0526. The first-order valence-electron chi connectivity index (χ1n) is 8.45. The zero-order valence-corrected chi connectivity index (χ0v) is 15.4. The number of hydrogen-bond donors (Lipinski definition) is 2. The van der Waals surface area contributed by atoms with Crippen LogP contribution in [0.1, 0.15) is 39.2 Å². The summed E-state index contributed by atoms with van der Waals surface area (Å²) in [7, 11) is 0. The van der Waals surface area contributed by atoms with Crippen LogP contribution in [0.5, 0.6) is 0 Å². The van der Waals surface area contributed by atoms with Crippen LogP contribution in [0.2, 0.25) is 0 Å². The lowest BCUT2D eigenvalue weighted by atomic mass is 10.1. The van der Waals surface area contributed by atoms with E-state index in [1.807, 2.05) is 30.3 Å². The third kappa shape index (κ3) is 10.2. The van der Waals surface area contributed by atoms with Gasteiger partial charge in [-0.25, -0.2) is 14.4 Å². The van der Waals surface area contributed by atoms with Crippen LogP contribution in [0, 0.1) is 0 Å². The lowest BCUT2D eigenvalue weighted by Gasteiger charge is -2.20. The van der Waals surface area contributed by atoms with Crippen LogP contribution in [0.25, 0.3) is 0 Å². The molecule has 0 unspecified atom stereocenters. The maximum absolute atomic E-state index is 11.8. The molecular formula is C19H26N2O5. The summed E-state index contributed by atoms with van der Waals surface area (Å²) in [5.41, 5.74) is 0.309. The molecule has 1 atom stereocenters. The summed E-state index contributed by atoms with van der Waals surface area (Å²) in [6, 6.07) is 8.76. The zero-order valence-electron chi connectivity index (χ0n) is 15.4. The lowest BCUT2D eigenvalue weighted by Crippen LogP contribution is -2.36. The minimum atomic E-state index is -0.620. The Morgan fingerprint density at radius 3 is 2.50 bits per heavy atom. The molecule has 0 aliphatic rings. The molecule has 7 heteroatoms. The van der Waals surface area contributed by atoms with E-state index in [9.17, 15) is 14.4 Å². The number of rotatable bonds is 8. The molecule has 26 heavy (non-hydrogen) atoms. The van der Waals surface area contributed by atoms with Gasteiger partial charge in [0.05, 0.1) is 6.04 Å². The van der Waals surface area contributed by atoms with E-state index >= 15 is 0 Å². The zero-order chi connectivity index (χ0) is 19.4. The van der Waals surface area contributed by atoms with Crippen molar-refractivity contribution in [3.8, 4) is 0 Å². The van der Waals surface area contributed by atoms with E-state index in [1.54, 1.807) is 26.7 Å². The van der Waals surface area contributed by atoms with Crippen molar-refractivity contribution in [1.29, 1.82) is 0 Å². The Morgan fingerprint density at radius 2 is 1.88 bits per heavy atom. The summed E-state index contributed by atoms with van der Waals surface area (Å²) in [5, 5.41) is 5.21. The average molecular weight is 362 g/mol. The number of amides is 2. The van der Waals surface area contributed by atoms with Gasteiger partial charge in [-0.3, -0.25) is 0 Å². The number of carbonyl (C=O) groups excluding carboxylic acids is 3. The van der Waals surface area contributed by atoms with E-state index in [2.05, 4.69) is 10.6 Å². The quantitative estimate of drug-likeness (QED) is 0.548. The second-order valence-corrected chi connectivity index (χ2v) is 6.67. The van der Waals surface area contributed by atoms with Crippen molar-refractivity contribution in [3.63, 3.8) is 0 Å². The Bertz CT molecular complexity index is 619.